The molecule has 1 atom stereocenters. The molecule has 0 radical (unpaired) electrons. The van der Waals surface area contributed by atoms with Crippen molar-refractivity contribution < 1.29 is 19.0 Å². The van der Waals surface area contributed by atoms with Crippen LogP contribution in [0, 0.1) is 6.92 Å². The smallest absolute Gasteiger partial charge is 0.260 e. The van der Waals surface area contributed by atoms with E-state index < -0.39 is 0 Å². The number of para-hydroxylation sites is 2. The molecule has 0 spiro atoms. The first-order valence-electron chi connectivity index (χ1n) is 11.0. The topological polar surface area (TPSA) is 72.9 Å². The molecule has 4 rings (SSSR count). The highest BCUT2D eigenvalue weighted by molar-refractivity contribution is 5.78. The lowest BCUT2D eigenvalue weighted by atomic mass is 10.0. The highest BCUT2D eigenvalue weighted by Gasteiger charge is 2.29. The van der Waals surface area contributed by atoms with Crippen molar-refractivity contribution in [3.8, 4) is 17.2 Å². The van der Waals surface area contributed by atoms with E-state index in [0.717, 1.165) is 34.9 Å². The van der Waals surface area contributed by atoms with Gasteiger partial charge in [-0.05, 0) is 49.7 Å². The summed E-state index contributed by atoms with van der Waals surface area (Å²) in [4.78, 5) is 19.3. The number of aromatic nitrogens is 1. The minimum absolute atomic E-state index is 0.0169. The van der Waals surface area contributed by atoms with Crippen LogP contribution in [0.15, 0.2) is 60.7 Å². The van der Waals surface area contributed by atoms with Gasteiger partial charge in [0.1, 0.15) is 5.75 Å². The Hall–Kier alpha value is -3.74. The number of benzene rings is 2. The first-order valence-corrected chi connectivity index (χ1v) is 11.0. The van der Waals surface area contributed by atoms with Crippen LogP contribution in [0.5, 0.6) is 17.2 Å². The van der Waals surface area contributed by atoms with Crippen LogP contribution in [0.25, 0.3) is 0 Å². The van der Waals surface area contributed by atoms with Crippen molar-refractivity contribution in [2.45, 2.75) is 19.3 Å². The van der Waals surface area contributed by atoms with Crippen molar-refractivity contribution in [1.29, 1.82) is 0 Å². The number of anilines is 2. The molecule has 7 nitrogen and oxygen atoms in total. The third-order valence-corrected chi connectivity index (χ3v) is 5.71. The summed E-state index contributed by atoms with van der Waals surface area (Å²) in [5.74, 6) is 2.13. The van der Waals surface area contributed by atoms with E-state index in [4.69, 9.17) is 19.2 Å². The first-order chi connectivity index (χ1) is 16.1. The second-order valence-corrected chi connectivity index (χ2v) is 8.04. The van der Waals surface area contributed by atoms with E-state index in [-0.39, 0.29) is 18.4 Å². The second kappa shape index (κ2) is 10.3. The van der Waals surface area contributed by atoms with Crippen LogP contribution in [0.2, 0.25) is 0 Å². The standard InChI is InChI=1S/C26H29N3O4/c1-18-13-21(28-20-7-6-8-22(14-20)31-2)15-23(27-18)19-11-12-29(16-19)26(30)17-33-25-10-5-4-9-24(25)32-3/h4-10,13-15,19H,11-12,16-17H2,1-3H3,(H,27,28). The summed E-state index contributed by atoms with van der Waals surface area (Å²) in [7, 11) is 3.24. The van der Waals surface area contributed by atoms with Gasteiger partial charge >= 0.3 is 0 Å². The zero-order valence-electron chi connectivity index (χ0n) is 19.2. The maximum Gasteiger partial charge on any atom is 0.260 e. The van der Waals surface area contributed by atoms with Crippen molar-refractivity contribution in [1.82, 2.24) is 9.88 Å². The number of aryl methyl sites for hydroxylation is 1. The molecule has 1 amide bonds. The number of likely N-dealkylation sites (tertiary alicyclic amines) is 1. The van der Waals surface area contributed by atoms with Crippen LogP contribution in [0.3, 0.4) is 0 Å². The van der Waals surface area contributed by atoms with Crippen molar-refractivity contribution in [3.05, 3.63) is 72.1 Å². The Morgan fingerprint density at radius 2 is 1.85 bits per heavy atom. The zero-order valence-corrected chi connectivity index (χ0v) is 19.2. The van der Waals surface area contributed by atoms with Gasteiger partial charge in [0, 0.05) is 47.8 Å². The second-order valence-electron chi connectivity index (χ2n) is 8.04. The van der Waals surface area contributed by atoms with E-state index in [1.807, 2.05) is 60.4 Å². The first kappa shape index (κ1) is 22.5. The maximum absolute atomic E-state index is 12.7. The van der Waals surface area contributed by atoms with Gasteiger partial charge < -0.3 is 24.4 Å². The molecular weight excluding hydrogens is 418 g/mol. The van der Waals surface area contributed by atoms with E-state index in [1.54, 1.807) is 20.3 Å². The summed E-state index contributed by atoms with van der Waals surface area (Å²) < 4.78 is 16.3. The largest absolute Gasteiger partial charge is 0.497 e. The quantitative estimate of drug-likeness (QED) is 0.546. The van der Waals surface area contributed by atoms with Crippen LogP contribution in [0.4, 0.5) is 11.4 Å². The summed E-state index contributed by atoms with van der Waals surface area (Å²) in [5, 5.41) is 3.43. The predicted molar refractivity (Wildman–Crippen MR) is 128 cm³/mol. The number of methoxy groups -OCH3 is 2. The van der Waals surface area contributed by atoms with Crippen molar-refractivity contribution in [2.75, 3.05) is 39.2 Å². The number of hydrogen-bond donors (Lipinski definition) is 1. The Morgan fingerprint density at radius 1 is 1.03 bits per heavy atom. The number of carbonyl (C=O) groups is 1. The molecule has 1 aliphatic heterocycles. The number of hydrogen-bond acceptors (Lipinski definition) is 6. The molecule has 1 saturated heterocycles. The van der Waals surface area contributed by atoms with Gasteiger partial charge in [-0.2, -0.15) is 0 Å². The van der Waals surface area contributed by atoms with Crippen LogP contribution in [0.1, 0.15) is 23.7 Å². The fourth-order valence-electron chi connectivity index (χ4n) is 4.04. The zero-order chi connectivity index (χ0) is 23.2. The number of pyridine rings is 1. The van der Waals surface area contributed by atoms with Crippen LogP contribution in [-0.2, 0) is 4.79 Å². The van der Waals surface area contributed by atoms with Crippen LogP contribution < -0.4 is 19.5 Å². The average Bonchev–Trinajstić information content (AvgIpc) is 3.33. The molecule has 0 bridgehead atoms. The fraction of sp³-hybridized carbons (Fsp3) is 0.308. The van der Waals surface area contributed by atoms with Gasteiger partial charge in [0.05, 0.1) is 14.2 Å². The molecule has 7 heteroatoms. The molecule has 2 aromatic carbocycles. The van der Waals surface area contributed by atoms with E-state index in [9.17, 15) is 4.79 Å². The van der Waals surface area contributed by atoms with Gasteiger partial charge in [-0.1, -0.05) is 18.2 Å². The Labute approximate surface area is 194 Å². The lowest BCUT2D eigenvalue weighted by molar-refractivity contribution is -0.132. The van der Waals surface area contributed by atoms with E-state index in [2.05, 4.69) is 11.4 Å². The van der Waals surface area contributed by atoms with E-state index in [0.29, 0.717) is 24.6 Å². The molecule has 0 aliphatic carbocycles. The van der Waals surface area contributed by atoms with Gasteiger partial charge in [0.2, 0.25) is 0 Å². The minimum atomic E-state index is -0.0363. The van der Waals surface area contributed by atoms with Crippen molar-refractivity contribution >= 4 is 17.3 Å². The molecule has 0 saturated carbocycles. The molecule has 1 aromatic heterocycles. The molecule has 1 fully saturated rings. The number of rotatable bonds is 8. The molecule has 1 unspecified atom stereocenters. The van der Waals surface area contributed by atoms with Gasteiger partial charge in [-0.15, -0.1) is 0 Å². The fourth-order valence-corrected chi connectivity index (χ4v) is 4.04. The Bertz CT molecular complexity index is 1120. The molecule has 172 valence electrons. The highest BCUT2D eigenvalue weighted by atomic mass is 16.5. The van der Waals surface area contributed by atoms with Crippen molar-refractivity contribution in [2.24, 2.45) is 0 Å². The van der Waals surface area contributed by atoms with Gasteiger partial charge in [-0.25, -0.2) is 0 Å². The molecule has 33 heavy (non-hydrogen) atoms. The summed E-state index contributed by atoms with van der Waals surface area (Å²) >= 11 is 0. The minimum Gasteiger partial charge on any atom is -0.497 e. The highest BCUT2D eigenvalue weighted by Crippen LogP contribution is 2.30. The summed E-state index contributed by atoms with van der Waals surface area (Å²) in [6.45, 7) is 3.28. The number of ether oxygens (including phenoxy) is 3. The molecule has 1 aliphatic rings. The molecule has 3 aromatic rings. The summed E-state index contributed by atoms with van der Waals surface area (Å²) in [5.41, 5.74) is 3.83. The van der Waals surface area contributed by atoms with Crippen molar-refractivity contribution in [3.63, 3.8) is 0 Å². The molecular formula is C26H29N3O4. The number of carbonyl (C=O) groups excluding carboxylic acids is 1. The number of amides is 1. The summed E-state index contributed by atoms with van der Waals surface area (Å²) in [6.07, 6.45) is 0.870. The Balaban J connectivity index is 1.39. The normalized spacial score (nSPS) is 15.2. The lowest BCUT2D eigenvalue weighted by Gasteiger charge is -2.18. The Morgan fingerprint density at radius 3 is 2.64 bits per heavy atom. The monoisotopic (exact) mass is 447 g/mol. The van der Waals surface area contributed by atoms with Crippen LogP contribution >= 0.6 is 0 Å². The summed E-state index contributed by atoms with van der Waals surface area (Å²) in [6, 6.07) is 19.2. The Kier molecular flexibility index (Phi) is 6.98. The third kappa shape index (κ3) is 5.55. The SMILES string of the molecule is COc1cccc(Nc2cc(C)nc(C3CCN(C(=O)COc4ccccc4OC)C3)c2)c1. The van der Waals surface area contributed by atoms with Crippen LogP contribution in [-0.4, -0.2) is 49.7 Å². The van der Waals surface area contributed by atoms with Gasteiger partial charge in [-0.3, -0.25) is 9.78 Å². The third-order valence-electron chi connectivity index (χ3n) is 5.71. The predicted octanol–water partition coefficient (Wildman–Crippen LogP) is 4.55. The van der Waals surface area contributed by atoms with E-state index in [1.165, 1.54) is 0 Å². The molecule has 1 N–H and O–H groups in total. The maximum atomic E-state index is 12.7. The average molecular weight is 448 g/mol. The number of nitrogens with zero attached hydrogens (tertiary/aromatic N) is 2. The lowest BCUT2D eigenvalue weighted by Crippen LogP contribution is -2.33. The van der Waals surface area contributed by atoms with Gasteiger partial charge in [0.25, 0.3) is 5.91 Å². The molecule has 2 heterocycles. The van der Waals surface area contributed by atoms with E-state index >= 15 is 0 Å². The van der Waals surface area contributed by atoms with Gasteiger partial charge in [0.15, 0.2) is 18.1 Å². The number of nitrogens with one attached hydrogen (secondary N) is 1.